The molecule has 0 bridgehead atoms. The molecule has 0 fully saturated rings. The number of rotatable bonds is 2. The second kappa shape index (κ2) is 5.66. The Morgan fingerprint density at radius 2 is 1.68 bits per heavy atom. The zero-order valence-corrected chi connectivity index (χ0v) is 13.5. The summed E-state index contributed by atoms with van der Waals surface area (Å²) in [5.41, 5.74) is 2.95. The van der Waals surface area contributed by atoms with Gasteiger partial charge in [0.1, 0.15) is 0 Å². The Bertz CT molecular complexity index is 645. The lowest BCUT2D eigenvalue weighted by Gasteiger charge is -2.09. The molecule has 0 spiro atoms. The van der Waals surface area contributed by atoms with Crippen molar-refractivity contribution >= 4 is 44.9 Å². The highest BCUT2D eigenvalue weighted by Crippen LogP contribution is 2.25. The first-order chi connectivity index (χ1) is 8.88. The van der Waals surface area contributed by atoms with E-state index in [-0.39, 0.29) is 5.78 Å². The van der Waals surface area contributed by atoms with Gasteiger partial charge in [-0.3, -0.25) is 4.79 Å². The molecule has 0 saturated carbocycles. The number of aryl methyl sites for hydroxylation is 2. The molecule has 4 heteroatoms. The molecule has 0 radical (unpaired) electrons. The summed E-state index contributed by atoms with van der Waals surface area (Å²) >= 11 is 15.4. The molecule has 1 nitrogen and oxygen atoms in total. The fourth-order valence-electron chi connectivity index (χ4n) is 1.87. The summed E-state index contributed by atoms with van der Waals surface area (Å²) < 4.78 is 0.784. The van der Waals surface area contributed by atoms with Crippen molar-refractivity contribution in [1.82, 2.24) is 0 Å². The molecule has 2 rings (SSSR count). The minimum absolute atomic E-state index is 0.0551. The summed E-state index contributed by atoms with van der Waals surface area (Å²) in [5.74, 6) is -0.0551. The van der Waals surface area contributed by atoms with Crippen molar-refractivity contribution in [3.05, 3.63) is 67.1 Å². The Balaban J connectivity index is 2.53. The van der Waals surface area contributed by atoms with E-state index in [1.807, 2.05) is 26.0 Å². The molecule has 0 unspecified atom stereocenters. The van der Waals surface area contributed by atoms with Crippen LogP contribution in [0.5, 0.6) is 0 Å². The Hall–Kier alpha value is -0.830. The lowest BCUT2D eigenvalue weighted by atomic mass is 9.97. The molecule has 19 heavy (non-hydrogen) atoms. The number of hydrogen-bond acceptors (Lipinski definition) is 1. The molecule has 2 aromatic carbocycles. The van der Waals surface area contributed by atoms with E-state index in [0.717, 1.165) is 15.6 Å². The van der Waals surface area contributed by atoms with E-state index in [2.05, 4.69) is 15.9 Å². The summed E-state index contributed by atoms with van der Waals surface area (Å²) in [5, 5.41) is 1.20. The summed E-state index contributed by atoms with van der Waals surface area (Å²) in [7, 11) is 0. The smallest absolute Gasteiger partial charge is 0.193 e. The third kappa shape index (κ3) is 3.19. The van der Waals surface area contributed by atoms with Crippen LogP contribution in [-0.4, -0.2) is 5.78 Å². The maximum atomic E-state index is 12.5. The summed E-state index contributed by atoms with van der Waals surface area (Å²) in [4.78, 5) is 12.5. The molecule has 0 N–H and O–H groups in total. The monoisotopic (exact) mass is 356 g/mol. The van der Waals surface area contributed by atoms with Gasteiger partial charge in [-0.2, -0.15) is 0 Å². The van der Waals surface area contributed by atoms with Crippen LogP contribution in [-0.2, 0) is 0 Å². The number of benzene rings is 2. The number of ketones is 1. The first-order valence-electron chi connectivity index (χ1n) is 5.66. The highest BCUT2D eigenvalue weighted by molar-refractivity contribution is 9.10. The Labute approximate surface area is 130 Å². The van der Waals surface area contributed by atoms with E-state index >= 15 is 0 Å². The largest absolute Gasteiger partial charge is 0.289 e. The van der Waals surface area contributed by atoms with Crippen LogP contribution in [0.4, 0.5) is 0 Å². The average Bonchev–Trinajstić information content (AvgIpc) is 2.31. The molecule has 0 heterocycles. The highest BCUT2D eigenvalue weighted by atomic mass is 79.9. The van der Waals surface area contributed by atoms with Crippen LogP contribution in [0.2, 0.25) is 10.0 Å². The molecule has 0 saturated heterocycles. The summed E-state index contributed by atoms with van der Waals surface area (Å²) in [6.07, 6.45) is 0. The van der Waals surface area contributed by atoms with Crippen LogP contribution in [0.1, 0.15) is 27.0 Å². The number of carbonyl (C=O) groups excluding carboxylic acids is 1. The minimum Gasteiger partial charge on any atom is -0.289 e. The normalized spacial score (nSPS) is 10.6. The quantitative estimate of drug-likeness (QED) is 0.639. The molecule has 0 atom stereocenters. The molecule has 0 aliphatic heterocycles. The molecule has 0 aliphatic rings. The van der Waals surface area contributed by atoms with Crippen LogP contribution in [0, 0.1) is 13.8 Å². The molecular weight excluding hydrogens is 347 g/mol. The van der Waals surface area contributed by atoms with Crippen molar-refractivity contribution < 1.29 is 4.79 Å². The lowest BCUT2D eigenvalue weighted by molar-refractivity contribution is 0.103. The maximum Gasteiger partial charge on any atom is 0.193 e. The van der Waals surface area contributed by atoms with E-state index < -0.39 is 0 Å². The highest BCUT2D eigenvalue weighted by Gasteiger charge is 2.14. The van der Waals surface area contributed by atoms with Crippen LogP contribution in [0.3, 0.4) is 0 Å². The fourth-order valence-corrected chi connectivity index (χ4v) is 2.94. The van der Waals surface area contributed by atoms with Crippen LogP contribution in [0.15, 0.2) is 34.8 Å². The predicted molar refractivity (Wildman–Crippen MR) is 83.5 cm³/mol. The maximum absolute atomic E-state index is 12.5. The van der Waals surface area contributed by atoms with Gasteiger partial charge in [-0.15, -0.1) is 0 Å². The number of halogens is 3. The first kappa shape index (κ1) is 14.6. The Morgan fingerprint density at radius 1 is 1.00 bits per heavy atom. The Morgan fingerprint density at radius 3 is 2.32 bits per heavy atom. The van der Waals surface area contributed by atoms with Crippen molar-refractivity contribution in [2.24, 2.45) is 0 Å². The van der Waals surface area contributed by atoms with Gasteiger partial charge in [0.15, 0.2) is 5.78 Å². The standard InChI is InChI=1S/C15H11BrCl2O/c1-8-4-14(18)9(2)3-13(8)15(19)10-5-11(16)7-12(17)6-10/h3-7H,1-2H3. The van der Waals surface area contributed by atoms with Gasteiger partial charge in [-0.25, -0.2) is 0 Å². The van der Waals surface area contributed by atoms with Crippen LogP contribution in [0.25, 0.3) is 0 Å². The third-order valence-electron chi connectivity index (χ3n) is 2.87. The van der Waals surface area contributed by atoms with E-state index in [9.17, 15) is 4.79 Å². The van der Waals surface area contributed by atoms with Crippen LogP contribution >= 0.6 is 39.1 Å². The molecule has 0 aromatic heterocycles. The summed E-state index contributed by atoms with van der Waals surface area (Å²) in [6, 6.07) is 8.80. The van der Waals surface area contributed by atoms with E-state index in [0.29, 0.717) is 21.2 Å². The van der Waals surface area contributed by atoms with Gasteiger partial charge in [0, 0.05) is 25.6 Å². The van der Waals surface area contributed by atoms with Gasteiger partial charge in [0.25, 0.3) is 0 Å². The van der Waals surface area contributed by atoms with Crippen LogP contribution < -0.4 is 0 Å². The van der Waals surface area contributed by atoms with Gasteiger partial charge >= 0.3 is 0 Å². The van der Waals surface area contributed by atoms with Crippen molar-refractivity contribution in [1.29, 1.82) is 0 Å². The fraction of sp³-hybridized carbons (Fsp3) is 0.133. The Kier molecular flexibility index (Phi) is 4.34. The van der Waals surface area contributed by atoms with Gasteiger partial charge < -0.3 is 0 Å². The summed E-state index contributed by atoms with van der Waals surface area (Å²) in [6.45, 7) is 3.75. The van der Waals surface area contributed by atoms with Gasteiger partial charge in [0.05, 0.1) is 0 Å². The predicted octanol–water partition coefficient (Wildman–Crippen LogP) is 5.60. The zero-order chi connectivity index (χ0) is 14.2. The van der Waals surface area contributed by atoms with E-state index in [1.165, 1.54) is 0 Å². The van der Waals surface area contributed by atoms with Gasteiger partial charge in [0.2, 0.25) is 0 Å². The average molecular weight is 358 g/mol. The SMILES string of the molecule is Cc1cc(C(=O)c2cc(Cl)cc(Br)c2)c(C)cc1Cl. The van der Waals surface area contributed by atoms with Crippen molar-refractivity contribution in [2.45, 2.75) is 13.8 Å². The molecule has 2 aromatic rings. The second-order valence-corrected chi connectivity index (χ2v) is 6.16. The molecule has 0 amide bonds. The lowest BCUT2D eigenvalue weighted by Crippen LogP contribution is -2.04. The van der Waals surface area contributed by atoms with E-state index in [1.54, 1.807) is 18.2 Å². The van der Waals surface area contributed by atoms with E-state index in [4.69, 9.17) is 23.2 Å². The van der Waals surface area contributed by atoms with Crippen molar-refractivity contribution in [3.63, 3.8) is 0 Å². The topological polar surface area (TPSA) is 17.1 Å². The number of hydrogen-bond donors (Lipinski definition) is 0. The first-order valence-corrected chi connectivity index (χ1v) is 7.21. The van der Waals surface area contributed by atoms with Crippen molar-refractivity contribution in [2.75, 3.05) is 0 Å². The molecule has 98 valence electrons. The molecular formula is C15H11BrCl2O. The zero-order valence-electron chi connectivity index (χ0n) is 10.4. The second-order valence-electron chi connectivity index (χ2n) is 4.40. The minimum atomic E-state index is -0.0551. The van der Waals surface area contributed by atoms with Gasteiger partial charge in [-0.1, -0.05) is 39.1 Å². The van der Waals surface area contributed by atoms with Crippen molar-refractivity contribution in [3.8, 4) is 0 Å². The number of carbonyl (C=O) groups is 1. The molecule has 0 aliphatic carbocycles. The third-order valence-corrected chi connectivity index (χ3v) is 3.96. The van der Waals surface area contributed by atoms with Gasteiger partial charge in [-0.05, 0) is 55.3 Å².